The fourth-order valence-corrected chi connectivity index (χ4v) is 6.55. The zero-order valence-corrected chi connectivity index (χ0v) is 20.3. The molecule has 1 saturated heterocycles. The Morgan fingerprint density at radius 1 is 0.939 bits per heavy atom. The predicted octanol–water partition coefficient (Wildman–Crippen LogP) is 3.51. The van der Waals surface area contributed by atoms with Crippen molar-refractivity contribution < 1.29 is 18.3 Å². The first kappa shape index (κ1) is 23.7. The van der Waals surface area contributed by atoms with Gasteiger partial charge < -0.3 is 9.84 Å². The minimum Gasteiger partial charge on any atom is -0.490 e. The number of fused-ring (bicyclic) bond motifs is 1. The zero-order chi connectivity index (χ0) is 23.6. The maximum atomic E-state index is 13.3. The fraction of sp³-hybridized carbons (Fsp3) is 0.385. The van der Waals surface area contributed by atoms with E-state index in [0.29, 0.717) is 37.6 Å². The second-order valence-electron chi connectivity index (χ2n) is 8.87. The van der Waals surface area contributed by atoms with Gasteiger partial charge in [-0.25, -0.2) is 8.42 Å². The van der Waals surface area contributed by atoms with E-state index in [1.165, 1.54) is 0 Å². The van der Waals surface area contributed by atoms with Gasteiger partial charge in [-0.3, -0.25) is 4.90 Å². The van der Waals surface area contributed by atoms with Crippen molar-refractivity contribution >= 4 is 20.8 Å². The molecule has 1 aliphatic rings. The number of rotatable bonds is 7. The van der Waals surface area contributed by atoms with Crippen LogP contribution in [0.2, 0.25) is 0 Å². The summed E-state index contributed by atoms with van der Waals surface area (Å²) in [6.07, 6.45) is -0.659. The average molecular weight is 469 g/mol. The molecule has 1 N–H and O–H groups in total. The molecule has 0 amide bonds. The number of nitrogens with zero attached hydrogens (tertiary/aromatic N) is 2. The van der Waals surface area contributed by atoms with Crippen molar-refractivity contribution in [1.29, 1.82) is 0 Å². The van der Waals surface area contributed by atoms with Crippen molar-refractivity contribution in [3.8, 4) is 5.75 Å². The first-order valence-electron chi connectivity index (χ1n) is 11.3. The third-order valence-corrected chi connectivity index (χ3v) is 8.39. The third-order valence-electron chi connectivity index (χ3n) is 6.18. The largest absolute Gasteiger partial charge is 0.490 e. The van der Waals surface area contributed by atoms with Crippen LogP contribution in [0.4, 0.5) is 0 Å². The monoisotopic (exact) mass is 468 g/mol. The van der Waals surface area contributed by atoms with E-state index >= 15 is 0 Å². The lowest BCUT2D eigenvalue weighted by molar-refractivity contribution is 0.0573. The molecule has 1 fully saturated rings. The Morgan fingerprint density at radius 3 is 2.27 bits per heavy atom. The minimum atomic E-state index is -3.54. The molecule has 0 radical (unpaired) electrons. The number of ether oxygens (including phenoxy) is 1. The van der Waals surface area contributed by atoms with Crippen molar-refractivity contribution in [3.63, 3.8) is 0 Å². The van der Waals surface area contributed by atoms with Crippen molar-refractivity contribution in [2.75, 3.05) is 39.3 Å². The van der Waals surface area contributed by atoms with Crippen LogP contribution < -0.4 is 4.74 Å². The highest BCUT2D eigenvalue weighted by molar-refractivity contribution is 7.89. The van der Waals surface area contributed by atoms with Crippen LogP contribution in [0.25, 0.3) is 10.8 Å². The Morgan fingerprint density at radius 2 is 1.58 bits per heavy atom. The number of hydrogen-bond acceptors (Lipinski definition) is 5. The Hall–Kier alpha value is -2.45. The summed E-state index contributed by atoms with van der Waals surface area (Å²) >= 11 is 0. The number of piperazine rings is 1. The summed E-state index contributed by atoms with van der Waals surface area (Å²) in [5, 5.41) is 12.7. The molecule has 176 valence electrons. The fourth-order valence-electron chi connectivity index (χ4n) is 4.71. The van der Waals surface area contributed by atoms with Gasteiger partial charge in [0.2, 0.25) is 10.0 Å². The van der Waals surface area contributed by atoms with E-state index < -0.39 is 16.1 Å². The van der Waals surface area contributed by atoms with E-state index in [2.05, 4.69) is 4.90 Å². The molecule has 3 aromatic rings. The van der Waals surface area contributed by atoms with E-state index in [4.69, 9.17) is 4.74 Å². The molecule has 0 aromatic heterocycles. The molecule has 0 aliphatic carbocycles. The van der Waals surface area contributed by atoms with E-state index in [1.807, 2.05) is 75.4 Å². The number of aryl methyl sites for hydroxylation is 3. The van der Waals surface area contributed by atoms with Crippen LogP contribution in [0.3, 0.4) is 0 Å². The average Bonchev–Trinajstić information content (AvgIpc) is 2.77. The molecule has 1 aliphatic heterocycles. The number of aliphatic hydroxyl groups is 1. The summed E-state index contributed by atoms with van der Waals surface area (Å²) in [6, 6.07) is 17.7. The van der Waals surface area contributed by atoms with Crippen molar-refractivity contribution in [1.82, 2.24) is 9.21 Å². The number of hydrogen-bond donors (Lipinski definition) is 1. The van der Waals surface area contributed by atoms with Crippen molar-refractivity contribution in [3.05, 3.63) is 71.3 Å². The number of aliphatic hydroxyl groups excluding tert-OH is 1. The van der Waals surface area contributed by atoms with Gasteiger partial charge in [-0.15, -0.1) is 0 Å². The van der Waals surface area contributed by atoms with E-state index in [-0.39, 0.29) is 6.61 Å². The van der Waals surface area contributed by atoms with Gasteiger partial charge in [-0.2, -0.15) is 4.31 Å². The second-order valence-corrected chi connectivity index (χ2v) is 10.7. The Bertz CT molecular complexity index is 1210. The standard InChI is InChI=1S/C26H32N2O4S/c1-19-15-20(2)26(21(3)16-19)33(30,31)28-13-11-27(12-14-28)17-23(29)18-32-25-10-6-8-22-7-4-5-9-24(22)25/h4-10,15-16,23,29H,11-14,17-18H2,1-3H3. The molecule has 1 atom stereocenters. The SMILES string of the molecule is Cc1cc(C)c(S(=O)(=O)N2CCN(CC(O)COc3cccc4ccccc34)CC2)c(C)c1. The second kappa shape index (κ2) is 9.81. The predicted molar refractivity (Wildman–Crippen MR) is 131 cm³/mol. The zero-order valence-electron chi connectivity index (χ0n) is 19.5. The summed E-state index contributed by atoms with van der Waals surface area (Å²) in [6.45, 7) is 8.30. The molecule has 7 heteroatoms. The molecule has 6 nitrogen and oxygen atoms in total. The van der Waals surface area contributed by atoms with Crippen LogP contribution in [-0.4, -0.2) is 68.2 Å². The van der Waals surface area contributed by atoms with Crippen LogP contribution in [0.5, 0.6) is 5.75 Å². The lowest BCUT2D eigenvalue weighted by atomic mass is 10.1. The van der Waals surface area contributed by atoms with Gasteiger partial charge in [-0.1, -0.05) is 54.1 Å². The van der Waals surface area contributed by atoms with E-state index in [0.717, 1.165) is 33.2 Å². The van der Waals surface area contributed by atoms with E-state index in [1.54, 1.807) is 4.31 Å². The highest BCUT2D eigenvalue weighted by Crippen LogP contribution is 2.27. The van der Waals surface area contributed by atoms with Crippen molar-refractivity contribution in [2.45, 2.75) is 31.8 Å². The van der Waals surface area contributed by atoms with Gasteiger partial charge in [0.1, 0.15) is 18.5 Å². The maximum absolute atomic E-state index is 13.3. The van der Waals surface area contributed by atoms with Gasteiger partial charge >= 0.3 is 0 Å². The van der Waals surface area contributed by atoms with E-state index in [9.17, 15) is 13.5 Å². The Balaban J connectivity index is 1.33. The summed E-state index contributed by atoms with van der Waals surface area (Å²) in [5.74, 6) is 0.756. The van der Waals surface area contributed by atoms with Gasteiger partial charge in [-0.05, 0) is 43.4 Å². The number of β-amino-alcohol motifs (C(OH)–C–C–N with tert-alkyl or cyclic N) is 1. The van der Waals surface area contributed by atoms with Crippen LogP contribution in [-0.2, 0) is 10.0 Å². The summed E-state index contributed by atoms with van der Waals surface area (Å²) in [7, 11) is -3.54. The van der Waals surface area contributed by atoms with Crippen LogP contribution in [0.1, 0.15) is 16.7 Å². The lowest BCUT2D eigenvalue weighted by Crippen LogP contribution is -2.51. The summed E-state index contributed by atoms with van der Waals surface area (Å²) in [4.78, 5) is 2.52. The first-order valence-corrected chi connectivity index (χ1v) is 12.8. The molecule has 0 spiro atoms. The Labute approximate surface area is 196 Å². The first-order chi connectivity index (χ1) is 15.8. The lowest BCUT2D eigenvalue weighted by Gasteiger charge is -2.35. The third kappa shape index (κ3) is 5.22. The smallest absolute Gasteiger partial charge is 0.243 e. The summed E-state index contributed by atoms with van der Waals surface area (Å²) < 4.78 is 34.0. The topological polar surface area (TPSA) is 70.1 Å². The maximum Gasteiger partial charge on any atom is 0.243 e. The van der Waals surface area contributed by atoms with Crippen LogP contribution in [0.15, 0.2) is 59.5 Å². The van der Waals surface area contributed by atoms with Crippen molar-refractivity contribution in [2.24, 2.45) is 0 Å². The molecule has 33 heavy (non-hydrogen) atoms. The Kier molecular flexibility index (Phi) is 7.05. The highest BCUT2D eigenvalue weighted by Gasteiger charge is 2.31. The minimum absolute atomic E-state index is 0.189. The summed E-state index contributed by atoms with van der Waals surface area (Å²) in [5.41, 5.74) is 2.64. The number of sulfonamides is 1. The molecule has 0 saturated carbocycles. The molecular weight excluding hydrogens is 436 g/mol. The molecule has 3 aromatic carbocycles. The quantitative estimate of drug-likeness (QED) is 0.575. The van der Waals surface area contributed by atoms with Crippen LogP contribution >= 0.6 is 0 Å². The van der Waals surface area contributed by atoms with Gasteiger partial charge in [0.15, 0.2) is 0 Å². The normalized spacial score (nSPS) is 16.7. The van der Waals surface area contributed by atoms with Gasteiger partial charge in [0, 0.05) is 38.1 Å². The molecule has 4 rings (SSSR count). The molecule has 1 heterocycles. The van der Waals surface area contributed by atoms with Gasteiger partial charge in [0.25, 0.3) is 0 Å². The molecule has 1 unspecified atom stereocenters. The van der Waals surface area contributed by atoms with Gasteiger partial charge in [0.05, 0.1) is 4.90 Å². The molecule has 0 bridgehead atoms. The highest BCUT2D eigenvalue weighted by atomic mass is 32.2. The van der Waals surface area contributed by atoms with Crippen LogP contribution in [0, 0.1) is 20.8 Å². The molecular formula is C26H32N2O4S. The number of benzene rings is 3.